The first-order valence-electron chi connectivity index (χ1n) is 14.4. The van der Waals surface area contributed by atoms with Crippen molar-refractivity contribution in [1.82, 2.24) is 19.4 Å². The topological polar surface area (TPSA) is 101 Å². The van der Waals surface area contributed by atoms with Crippen LogP contribution < -0.4 is 10.6 Å². The van der Waals surface area contributed by atoms with E-state index in [1.807, 2.05) is 56.9 Å². The largest absolute Gasteiger partial charge is 0.507 e. The molecule has 3 heterocycles. The van der Waals surface area contributed by atoms with Gasteiger partial charge in [-0.25, -0.2) is 23.5 Å². The van der Waals surface area contributed by atoms with E-state index in [4.69, 9.17) is 21.3 Å². The second kappa shape index (κ2) is 10.8. The lowest BCUT2D eigenvalue weighted by molar-refractivity contribution is 0.0218. The fraction of sp³-hybridized carbons (Fsp3) is 0.375. The number of rotatable bonds is 4. The van der Waals surface area contributed by atoms with E-state index in [-0.39, 0.29) is 33.7 Å². The normalized spacial score (nSPS) is 17.4. The van der Waals surface area contributed by atoms with Gasteiger partial charge in [-0.2, -0.15) is 4.98 Å². The van der Waals surface area contributed by atoms with Crippen molar-refractivity contribution in [3.05, 3.63) is 75.4 Å². The lowest BCUT2D eigenvalue weighted by atomic mass is 10.1. The molecular weight excluding hydrogens is 573 g/mol. The number of carbonyl (C=O) groups is 1. The molecule has 43 heavy (non-hydrogen) atoms. The fourth-order valence-electron chi connectivity index (χ4n) is 5.66. The van der Waals surface area contributed by atoms with Gasteiger partial charge in [0.25, 0.3) is 0 Å². The van der Waals surface area contributed by atoms with Crippen molar-refractivity contribution in [3.63, 3.8) is 0 Å². The number of aromatic hydroxyl groups is 1. The van der Waals surface area contributed by atoms with E-state index < -0.39 is 23.2 Å². The van der Waals surface area contributed by atoms with E-state index in [2.05, 4.69) is 4.98 Å². The molecule has 1 saturated heterocycles. The molecule has 1 aliphatic carbocycles. The Hall–Kier alpha value is -4.18. The predicted molar refractivity (Wildman–Crippen MR) is 164 cm³/mol. The number of nitrogens with zero attached hydrogens (tertiary/aromatic N) is 5. The monoisotopic (exact) mass is 605 g/mol. The molecule has 2 fully saturated rings. The highest BCUT2D eigenvalue weighted by atomic mass is 35.5. The summed E-state index contributed by atoms with van der Waals surface area (Å²) in [5.41, 5.74) is 0.599. The summed E-state index contributed by atoms with van der Waals surface area (Å²) >= 11 is 6.74. The molecule has 2 aromatic carbocycles. The second-order valence-electron chi connectivity index (χ2n) is 12.2. The molecule has 6 rings (SSSR count). The highest BCUT2D eigenvalue weighted by Crippen LogP contribution is 2.44. The van der Waals surface area contributed by atoms with Gasteiger partial charge in [-0.3, -0.25) is 0 Å². The van der Waals surface area contributed by atoms with E-state index in [1.165, 1.54) is 22.8 Å². The average Bonchev–Trinajstić information content (AvgIpc) is 3.78. The van der Waals surface area contributed by atoms with Crippen molar-refractivity contribution in [2.24, 2.45) is 0 Å². The molecule has 9 nitrogen and oxygen atoms in total. The summed E-state index contributed by atoms with van der Waals surface area (Å²) in [5.74, 6) is -0.319. The van der Waals surface area contributed by atoms with Gasteiger partial charge in [0.2, 0.25) is 0 Å². The van der Waals surface area contributed by atoms with Crippen molar-refractivity contribution >= 4 is 34.5 Å². The molecule has 1 aliphatic heterocycles. The number of phenolic OH excluding ortho intramolecular Hbond substituents is 1. The molecule has 0 spiro atoms. The summed E-state index contributed by atoms with van der Waals surface area (Å²) in [6.07, 6.45) is 1.63. The number of carbonyl (C=O) groups excluding carboxylic acids is 1. The summed E-state index contributed by atoms with van der Waals surface area (Å²) in [7, 11) is 0. The van der Waals surface area contributed by atoms with Crippen molar-refractivity contribution in [1.29, 1.82) is 0 Å². The molecule has 4 aromatic rings. The Morgan fingerprint density at radius 2 is 1.84 bits per heavy atom. The van der Waals surface area contributed by atoms with E-state index >= 15 is 4.39 Å². The highest BCUT2D eigenvalue weighted by molar-refractivity contribution is 6.34. The summed E-state index contributed by atoms with van der Waals surface area (Å²) in [6.45, 7) is 8.51. The van der Waals surface area contributed by atoms with Crippen LogP contribution in [0.1, 0.15) is 52.0 Å². The number of piperazine rings is 1. The molecule has 0 bridgehead atoms. The molecule has 1 saturated carbocycles. The standard InChI is InChI=1S/C32H33ClFN5O4/c1-18-17-37(31(42)43-32(2,3)4)14-15-38(18)28-21-16-22(33)27(26-23(34)9-7-11-25(26)40)35-29(21)39(30(41)36-28)24-10-6-5-8-20(24)19-12-13-19/h5-11,16,18-19,40H,12-15,17H2,1-4H3/t18-/m0/s1. The summed E-state index contributed by atoms with van der Waals surface area (Å²) in [5, 5.41) is 11.2. The van der Waals surface area contributed by atoms with Crippen LogP contribution in [0.2, 0.25) is 5.02 Å². The van der Waals surface area contributed by atoms with Crippen LogP contribution in [0.5, 0.6) is 5.75 Å². The number of hydrogen-bond donors (Lipinski definition) is 1. The van der Waals surface area contributed by atoms with Crippen LogP contribution in [0.3, 0.4) is 0 Å². The van der Waals surface area contributed by atoms with Gasteiger partial charge < -0.3 is 19.6 Å². The SMILES string of the molecule is C[C@H]1CN(C(=O)OC(C)(C)C)CCN1c1nc(=O)n(-c2ccccc2C2CC2)c2nc(-c3c(O)cccc3F)c(Cl)cc12. The number of para-hydroxylation sites is 1. The summed E-state index contributed by atoms with van der Waals surface area (Å²) in [6, 6.07) is 13.0. The summed E-state index contributed by atoms with van der Waals surface area (Å²) in [4.78, 5) is 39.6. The highest BCUT2D eigenvalue weighted by Gasteiger charge is 2.33. The Labute approximate surface area is 253 Å². The first kappa shape index (κ1) is 28.9. The van der Waals surface area contributed by atoms with Crippen LogP contribution in [0, 0.1) is 5.82 Å². The predicted octanol–water partition coefficient (Wildman–Crippen LogP) is 6.27. The minimum Gasteiger partial charge on any atom is -0.507 e. The van der Waals surface area contributed by atoms with E-state index in [0.29, 0.717) is 42.4 Å². The maximum Gasteiger partial charge on any atom is 0.410 e. The summed E-state index contributed by atoms with van der Waals surface area (Å²) < 4.78 is 22.1. The number of fused-ring (bicyclic) bond motifs is 1. The van der Waals surface area contributed by atoms with Crippen LogP contribution in [-0.4, -0.2) is 61.9 Å². The third kappa shape index (κ3) is 5.51. The zero-order valence-electron chi connectivity index (χ0n) is 24.5. The zero-order chi connectivity index (χ0) is 30.6. The van der Waals surface area contributed by atoms with Gasteiger partial charge in [0.15, 0.2) is 5.65 Å². The molecule has 1 N–H and O–H groups in total. The minimum absolute atomic E-state index is 0.0155. The van der Waals surface area contributed by atoms with Crippen molar-refractivity contribution in [2.75, 3.05) is 24.5 Å². The minimum atomic E-state index is -0.692. The van der Waals surface area contributed by atoms with Gasteiger partial charge in [-0.1, -0.05) is 35.9 Å². The Balaban J connectivity index is 1.52. The van der Waals surface area contributed by atoms with E-state index in [9.17, 15) is 14.7 Å². The maximum absolute atomic E-state index is 15.0. The van der Waals surface area contributed by atoms with Gasteiger partial charge in [-0.05, 0) is 76.3 Å². The number of pyridine rings is 1. The van der Waals surface area contributed by atoms with Gasteiger partial charge in [0, 0.05) is 25.7 Å². The van der Waals surface area contributed by atoms with Gasteiger partial charge in [-0.15, -0.1) is 0 Å². The third-order valence-corrected chi connectivity index (χ3v) is 8.06. The van der Waals surface area contributed by atoms with Crippen LogP contribution in [0.4, 0.5) is 15.0 Å². The first-order valence-corrected chi connectivity index (χ1v) is 14.8. The van der Waals surface area contributed by atoms with E-state index in [0.717, 1.165) is 18.4 Å². The molecule has 0 radical (unpaired) electrons. The number of phenols is 1. The number of amides is 1. The van der Waals surface area contributed by atoms with Crippen molar-refractivity contribution in [2.45, 2.75) is 58.1 Å². The van der Waals surface area contributed by atoms with Crippen molar-refractivity contribution in [3.8, 4) is 22.7 Å². The Bertz CT molecular complexity index is 1780. The van der Waals surface area contributed by atoms with Gasteiger partial charge >= 0.3 is 11.8 Å². The molecule has 2 aliphatic rings. The molecule has 1 atom stereocenters. The Kier molecular flexibility index (Phi) is 7.28. The average molecular weight is 606 g/mol. The lowest BCUT2D eigenvalue weighted by Crippen LogP contribution is -2.55. The molecular formula is C32H33ClFN5O4. The van der Waals surface area contributed by atoms with Gasteiger partial charge in [0.1, 0.15) is 23.0 Å². The molecule has 1 amide bonds. The number of benzene rings is 2. The zero-order valence-corrected chi connectivity index (χ0v) is 25.2. The van der Waals surface area contributed by atoms with E-state index in [1.54, 1.807) is 11.0 Å². The van der Waals surface area contributed by atoms with Crippen LogP contribution >= 0.6 is 11.6 Å². The Morgan fingerprint density at radius 3 is 2.51 bits per heavy atom. The molecule has 2 aromatic heterocycles. The van der Waals surface area contributed by atoms with Crippen molar-refractivity contribution < 1.29 is 19.0 Å². The van der Waals surface area contributed by atoms with Crippen LogP contribution in [0.25, 0.3) is 28.0 Å². The number of ether oxygens (including phenoxy) is 1. The smallest absolute Gasteiger partial charge is 0.410 e. The maximum atomic E-state index is 15.0. The lowest BCUT2D eigenvalue weighted by Gasteiger charge is -2.41. The molecule has 11 heteroatoms. The number of hydrogen-bond acceptors (Lipinski definition) is 7. The van der Waals surface area contributed by atoms with Gasteiger partial charge in [0.05, 0.1) is 27.4 Å². The number of halogens is 2. The number of anilines is 1. The fourth-order valence-corrected chi connectivity index (χ4v) is 5.91. The number of aromatic nitrogens is 3. The second-order valence-corrected chi connectivity index (χ2v) is 12.6. The Morgan fingerprint density at radius 1 is 1.09 bits per heavy atom. The van der Waals surface area contributed by atoms with Crippen LogP contribution in [0.15, 0.2) is 53.3 Å². The third-order valence-electron chi connectivity index (χ3n) is 7.78. The molecule has 224 valence electrons. The first-order chi connectivity index (χ1) is 20.4. The molecule has 0 unspecified atom stereocenters. The quantitative estimate of drug-likeness (QED) is 0.293. The van der Waals surface area contributed by atoms with Crippen LogP contribution in [-0.2, 0) is 4.74 Å².